The minimum Gasteiger partial charge on any atom is -0.379 e. The van der Waals surface area contributed by atoms with Crippen LogP contribution in [0.1, 0.15) is 18.7 Å². The quantitative estimate of drug-likeness (QED) is 0.769. The normalized spacial score (nSPS) is 10.6. The van der Waals surface area contributed by atoms with E-state index in [1.807, 2.05) is 24.4 Å². The summed E-state index contributed by atoms with van der Waals surface area (Å²) in [5.41, 5.74) is 0.996. The SMILES string of the molecule is CCN(CC)c1ncc(CNc2cccc(Cl)c2Br)s1. The van der Waals surface area contributed by atoms with E-state index in [0.717, 1.165) is 34.9 Å². The van der Waals surface area contributed by atoms with E-state index in [-0.39, 0.29) is 0 Å². The van der Waals surface area contributed by atoms with Crippen LogP contribution in [0.2, 0.25) is 5.02 Å². The summed E-state index contributed by atoms with van der Waals surface area (Å²) >= 11 is 11.3. The third kappa shape index (κ3) is 3.65. The van der Waals surface area contributed by atoms with Crippen molar-refractivity contribution < 1.29 is 0 Å². The van der Waals surface area contributed by atoms with Crippen LogP contribution in [0.5, 0.6) is 0 Å². The average Bonchev–Trinajstić information content (AvgIpc) is 2.91. The molecule has 0 aliphatic carbocycles. The first-order chi connectivity index (χ1) is 9.65. The third-order valence-electron chi connectivity index (χ3n) is 2.98. The summed E-state index contributed by atoms with van der Waals surface area (Å²) in [4.78, 5) is 7.94. The van der Waals surface area contributed by atoms with Crippen LogP contribution in [-0.2, 0) is 6.54 Å². The molecular weight excluding hydrogens is 358 g/mol. The molecular formula is C14H17BrClN3S. The maximum atomic E-state index is 6.08. The number of halogens is 2. The van der Waals surface area contributed by atoms with E-state index in [0.29, 0.717) is 5.02 Å². The van der Waals surface area contributed by atoms with E-state index in [9.17, 15) is 0 Å². The van der Waals surface area contributed by atoms with Crippen molar-refractivity contribution in [3.05, 3.63) is 38.8 Å². The number of benzene rings is 1. The number of thiazole rings is 1. The molecule has 2 aromatic rings. The molecule has 0 unspecified atom stereocenters. The minimum atomic E-state index is 0.711. The highest BCUT2D eigenvalue weighted by Crippen LogP contribution is 2.31. The summed E-state index contributed by atoms with van der Waals surface area (Å²) < 4.78 is 0.898. The maximum Gasteiger partial charge on any atom is 0.185 e. The molecule has 0 saturated carbocycles. The fraction of sp³-hybridized carbons (Fsp3) is 0.357. The second-order valence-corrected chi connectivity index (χ2v) is 6.53. The van der Waals surface area contributed by atoms with Crippen molar-refractivity contribution in [2.45, 2.75) is 20.4 Å². The van der Waals surface area contributed by atoms with Gasteiger partial charge in [-0.2, -0.15) is 0 Å². The molecule has 2 rings (SSSR count). The third-order valence-corrected chi connectivity index (χ3v) is 5.44. The molecule has 108 valence electrons. The van der Waals surface area contributed by atoms with Gasteiger partial charge in [-0.3, -0.25) is 0 Å². The van der Waals surface area contributed by atoms with Crippen molar-refractivity contribution in [1.82, 2.24) is 4.98 Å². The molecule has 1 heterocycles. The van der Waals surface area contributed by atoms with Gasteiger partial charge in [0, 0.05) is 24.2 Å². The first-order valence-corrected chi connectivity index (χ1v) is 8.52. The molecule has 0 saturated heterocycles. The molecule has 6 heteroatoms. The Labute approximate surface area is 137 Å². The van der Waals surface area contributed by atoms with Crippen molar-refractivity contribution in [2.75, 3.05) is 23.3 Å². The van der Waals surface area contributed by atoms with Crippen LogP contribution in [0.3, 0.4) is 0 Å². The molecule has 0 amide bonds. The molecule has 20 heavy (non-hydrogen) atoms. The van der Waals surface area contributed by atoms with Gasteiger partial charge in [0.25, 0.3) is 0 Å². The van der Waals surface area contributed by atoms with Crippen LogP contribution < -0.4 is 10.2 Å². The Bertz CT molecular complexity index is 569. The van der Waals surface area contributed by atoms with E-state index >= 15 is 0 Å². The highest BCUT2D eigenvalue weighted by Gasteiger charge is 2.08. The van der Waals surface area contributed by atoms with Crippen molar-refractivity contribution in [1.29, 1.82) is 0 Å². The van der Waals surface area contributed by atoms with Gasteiger partial charge in [0.2, 0.25) is 0 Å². The number of aromatic nitrogens is 1. The molecule has 0 aliphatic rings. The first kappa shape index (κ1) is 15.6. The van der Waals surface area contributed by atoms with Crippen LogP contribution in [0.15, 0.2) is 28.9 Å². The minimum absolute atomic E-state index is 0.711. The fourth-order valence-electron chi connectivity index (χ4n) is 1.84. The zero-order valence-electron chi connectivity index (χ0n) is 11.5. The fourth-order valence-corrected chi connectivity index (χ4v) is 3.40. The second-order valence-electron chi connectivity index (χ2n) is 4.24. The molecule has 1 aromatic carbocycles. The van der Waals surface area contributed by atoms with Gasteiger partial charge in [-0.15, -0.1) is 11.3 Å². The smallest absolute Gasteiger partial charge is 0.185 e. The van der Waals surface area contributed by atoms with Gasteiger partial charge < -0.3 is 10.2 Å². The molecule has 0 fully saturated rings. The molecule has 3 nitrogen and oxygen atoms in total. The number of anilines is 2. The standard InChI is InChI=1S/C14H17BrClN3S/c1-3-19(4-2)14-18-9-10(20-14)8-17-12-7-5-6-11(16)13(12)15/h5-7,9,17H,3-4,8H2,1-2H3. The lowest BCUT2D eigenvalue weighted by Crippen LogP contribution is -2.21. The Balaban J connectivity index is 2.03. The van der Waals surface area contributed by atoms with Crippen LogP contribution in [0, 0.1) is 0 Å². The molecule has 1 N–H and O–H groups in total. The average molecular weight is 375 g/mol. The van der Waals surface area contributed by atoms with E-state index in [1.54, 1.807) is 11.3 Å². The van der Waals surface area contributed by atoms with Gasteiger partial charge in [-0.1, -0.05) is 17.7 Å². The zero-order chi connectivity index (χ0) is 14.5. The van der Waals surface area contributed by atoms with Crippen molar-refractivity contribution >= 4 is 49.7 Å². The second kappa shape index (κ2) is 7.29. The lowest BCUT2D eigenvalue weighted by molar-refractivity contribution is 0.860. The van der Waals surface area contributed by atoms with Crippen LogP contribution in [0.4, 0.5) is 10.8 Å². The van der Waals surface area contributed by atoms with Gasteiger partial charge in [-0.25, -0.2) is 4.98 Å². The summed E-state index contributed by atoms with van der Waals surface area (Å²) in [5, 5.41) is 5.17. The number of nitrogens with zero attached hydrogens (tertiary/aromatic N) is 2. The van der Waals surface area contributed by atoms with Gasteiger partial charge >= 0.3 is 0 Å². The molecule has 1 aromatic heterocycles. The first-order valence-electron chi connectivity index (χ1n) is 6.53. The van der Waals surface area contributed by atoms with Crippen molar-refractivity contribution in [3.8, 4) is 0 Å². The molecule has 0 spiro atoms. The highest BCUT2D eigenvalue weighted by atomic mass is 79.9. The maximum absolute atomic E-state index is 6.08. The topological polar surface area (TPSA) is 28.2 Å². The summed E-state index contributed by atoms with van der Waals surface area (Å²) in [6.45, 7) is 7.00. The van der Waals surface area contributed by atoms with Crippen molar-refractivity contribution in [2.24, 2.45) is 0 Å². The van der Waals surface area contributed by atoms with E-state index in [2.05, 4.69) is 45.0 Å². The van der Waals surface area contributed by atoms with E-state index in [4.69, 9.17) is 11.6 Å². The lowest BCUT2D eigenvalue weighted by atomic mass is 10.3. The molecule has 0 aliphatic heterocycles. The van der Waals surface area contributed by atoms with Crippen molar-refractivity contribution in [3.63, 3.8) is 0 Å². The largest absolute Gasteiger partial charge is 0.379 e. The Morgan fingerprint density at radius 2 is 2.10 bits per heavy atom. The van der Waals surface area contributed by atoms with Gasteiger partial charge in [0.1, 0.15) is 0 Å². The van der Waals surface area contributed by atoms with Gasteiger partial charge in [0.15, 0.2) is 5.13 Å². The lowest BCUT2D eigenvalue weighted by Gasteiger charge is -2.16. The molecule has 0 atom stereocenters. The monoisotopic (exact) mass is 373 g/mol. The number of hydrogen-bond donors (Lipinski definition) is 1. The Morgan fingerprint density at radius 1 is 1.35 bits per heavy atom. The Hall–Kier alpha value is -0.780. The highest BCUT2D eigenvalue weighted by molar-refractivity contribution is 9.10. The molecule has 0 radical (unpaired) electrons. The van der Waals surface area contributed by atoms with Gasteiger partial charge in [-0.05, 0) is 41.9 Å². The summed E-state index contributed by atoms with van der Waals surface area (Å²) in [5.74, 6) is 0. The van der Waals surface area contributed by atoms with Crippen LogP contribution >= 0.6 is 38.9 Å². The van der Waals surface area contributed by atoms with Crippen LogP contribution in [-0.4, -0.2) is 18.1 Å². The van der Waals surface area contributed by atoms with E-state index in [1.165, 1.54) is 4.88 Å². The number of rotatable bonds is 6. The zero-order valence-corrected chi connectivity index (χ0v) is 14.6. The Kier molecular flexibility index (Phi) is 5.69. The number of nitrogens with one attached hydrogen (secondary N) is 1. The summed E-state index contributed by atoms with van der Waals surface area (Å²) in [7, 11) is 0. The van der Waals surface area contributed by atoms with E-state index < -0.39 is 0 Å². The Morgan fingerprint density at radius 3 is 2.80 bits per heavy atom. The summed E-state index contributed by atoms with van der Waals surface area (Å²) in [6, 6.07) is 5.80. The molecule has 0 bridgehead atoms. The number of hydrogen-bond acceptors (Lipinski definition) is 4. The van der Waals surface area contributed by atoms with Crippen LogP contribution in [0.25, 0.3) is 0 Å². The predicted octanol–water partition coefficient (Wildman–Crippen LogP) is 5.02. The van der Waals surface area contributed by atoms with Gasteiger partial charge in [0.05, 0.1) is 21.7 Å². The predicted molar refractivity (Wildman–Crippen MR) is 92.2 cm³/mol. The summed E-state index contributed by atoms with van der Waals surface area (Å²) in [6.07, 6.45) is 1.93.